The molecule has 0 bridgehead atoms. The fourth-order valence-electron chi connectivity index (χ4n) is 1.17. The first-order chi connectivity index (χ1) is 7.31. The summed E-state index contributed by atoms with van der Waals surface area (Å²) in [6, 6.07) is 3.84. The predicted molar refractivity (Wildman–Crippen MR) is 63.8 cm³/mol. The van der Waals surface area contributed by atoms with Crippen molar-refractivity contribution in [3.8, 4) is 10.7 Å². The zero-order valence-electron chi connectivity index (χ0n) is 8.11. The van der Waals surface area contributed by atoms with Crippen molar-refractivity contribution in [3.63, 3.8) is 0 Å². The van der Waals surface area contributed by atoms with Gasteiger partial charge in [0.05, 0.1) is 12.3 Å². The zero-order valence-corrected chi connectivity index (χ0v) is 10.5. The number of aromatic nitrogens is 2. The second kappa shape index (κ2) is 4.83. The Balaban J connectivity index is 2.33. The topological polar surface area (TPSA) is 35.0 Å². The maximum Gasteiger partial charge on any atom is 0.143 e. The Morgan fingerprint density at radius 2 is 2.40 bits per heavy atom. The van der Waals surface area contributed by atoms with Gasteiger partial charge in [0.15, 0.2) is 0 Å². The van der Waals surface area contributed by atoms with Gasteiger partial charge in [0.25, 0.3) is 0 Å². The van der Waals surface area contributed by atoms with Gasteiger partial charge in [-0.15, -0.1) is 11.3 Å². The molecule has 0 atom stereocenters. The third kappa shape index (κ3) is 2.42. The quantitative estimate of drug-likeness (QED) is 0.869. The average molecular weight is 285 g/mol. The maximum absolute atomic E-state index is 5.02. The lowest BCUT2D eigenvalue weighted by molar-refractivity contribution is 0.182. The molecule has 0 fully saturated rings. The smallest absolute Gasteiger partial charge is 0.143 e. The number of nitrogens with zero attached hydrogens (tertiary/aromatic N) is 2. The fourth-order valence-corrected chi connectivity index (χ4v) is 2.56. The van der Waals surface area contributed by atoms with E-state index in [0.717, 1.165) is 20.9 Å². The fraction of sp³-hybridized carbons (Fsp3) is 0.200. The number of halogens is 1. The van der Waals surface area contributed by atoms with Crippen molar-refractivity contribution in [3.05, 3.63) is 33.9 Å². The van der Waals surface area contributed by atoms with Gasteiger partial charge in [-0.3, -0.25) is 4.98 Å². The van der Waals surface area contributed by atoms with Crippen LogP contribution in [0.1, 0.15) is 5.69 Å². The maximum atomic E-state index is 5.02. The van der Waals surface area contributed by atoms with E-state index in [9.17, 15) is 0 Å². The Morgan fingerprint density at radius 1 is 1.53 bits per heavy atom. The van der Waals surface area contributed by atoms with Crippen LogP contribution in [0.3, 0.4) is 0 Å². The highest BCUT2D eigenvalue weighted by molar-refractivity contribution is 9.10. The second-order valence-corrected chi connectivity index (χ2v) is 4.62. The van der Waals surface area contributed by atoms with Crippen LogP contribution >= 0.6 is 27.3 Å². The van der Waals surface area contributed by atoms with E-state index >= 15 is 0 Å². The summed E-state index contributed by atoms with van der Waals surface area (Å²) < 4.78 is 5.98. The van der Waals surface area contributed by atoms with Gasteiger partial charge in [0, 0.05) is 23.2 Å². The van der Waals surface area contributed by atoms with E-state index in [2.05, 4.69) is 25.9 Å². The summed E-state index contributed by atoms with van der Waals surface area (Å²) in [5.74, 6) is 0. The summed E-state index contributed by atoms with van der Waals surface area (Å²) in [4.78, 5) is 8.71. The van der Waals surface area contributed by atoms with E-state index in [1.54, 1.807) is 24.6 Å². The highest BCUT2D eigenvalue weighted by Crippen LogP contribution is 2.28. The van der Waals surface area contributed by atoms with E-state index in [1.807, 2.05) is 17.5 Å². The Hall–Kier alpha value is -0.780. The van der Waals surface area contributed by atoms with E-state index in [4.69, 9.17) is 4.74 Å². The third-order valence-corrected chi connectivity index (χ3v) is 3.34. The predicted octanol–water partition coefficient (Wildman–Crippen LogP) is 3.11. The highest BCUT2D eigenvalue weighted by atomic mass is 79.9. The lowest BCUT2D eigenvalue weighted by atomic mass is 10.4. The van der Waals surface area contributed by atoms with Crippen molar-refractivity contribution in [2.45, 2.75) is 6.61 Å². The monoisotopic (exact) mass is 284 g/mol. The summed E-state index contributed by atoms with van der Waals surface area (Å²) in [7, 11) is 1.66. The lowest BCUT2D eigenvalue weighted by Gasteiger charge is -1.97. The molecule has 0 radical (unpaired) electrons. The minimum atomic E-state index is 0.543. The van der Waals surface area contributed by atoms with Crippen LogP contribution < -0.4 is 0 Å². The minimum Gasteiger partial charge on any atom is -0.378 e. The first kappa shape index (κ1) is 10.7. The first-order valence-electron chi connectivity index (χ1n) is 4.35. The molecule has 0 aliphatic rings. The van der Waals surface area contributed by atoms with Crippen molar-refractivity contribution in [2.24, 2.45) is 0 Å². The molecule has 78 valence electrons. The van der Waals surface area contributed by atoms with Crippen LogP contribution in [-0.2, 0) is 11.3 Å². The average Bonchev–Trinajstić information content (AvgIpc) is 2.68. The number of ether oxygens (including phenoxy) is 1. The van der Waals surface area contributed by atoms with E-state index in [0.29, 0.717) is 6.61 Å². The van der Waals surface area contributed by atoms with Gasteiger partial charge >= 0.3 is 0 Å². The van der Waals surface area contributed by atoms with Gasteiger partial charge in [-0.25, -0.2) is 4.98 Å². The lowest BCUT2D eigenvalue weighted by Crippen LogP contribution is -1.88. The molecule has 2 aromatic rings. The van der Waals surface area contributed by atoms with Gasteiger partial charge < -0.3 is 4.74 Å². The van der Waals surface area contributed by atoms with Crippen LogP contribution in [0.5, 0.6) is 0 Å². The summed E-state index contributed by atoms with van der Waals surface area (Å²) in [6.45, 7) is 0.543. The summed E-state index contributed by atoms with van der Waals surface area (Å²) in [6.07, 6.45) is 1.76. The van der Waals surface area contributed by atoms with Crippen LogP contribution in [0.25, 0.3) is 10.7 Å². The van der Waals surface area contributed by atoms with Gasteiger partial charge in [-0.2, -0.15) is 0 Å². The molecule has 2 rings (SSSR count). The molecule has 3 nitrogen and oxygen atoms in total. The molecular weight excluding hydrogens is 276 g/mol. The van der Waals surface area contributed by atoms with E-state index in [-0.39, 0.29) is 0 Å². The molecule has 0 unspecified atom stereocenters. The van der Waals surface area contributed by atoms with Crippen molar-refractivity contribution in [1.82, 2.24) is 9.97 Å². The van der Waals surface area contributed by atoms with Gasteiger partial charge in [-0.05, 0) is 28.1 Å². The number of methoxy groups -OCH3 is 1. The largest absolute Gasteiger partial charge is 0.378 e. The van der Waals surface area contributed by atoms with Crippen LogP contribution in [-0.4, -0.2) is 17.1 Å². The third-order valence-electron chi connectivity index (χ3n) is 1.81. The number of thiazole rings is 1. The summed E-state index contributed by atoms with van der Waals surface area (Å²) in [5.41, 5.74) is 1.82. The Kier molecular flexibility index (Phi) is 3.45. The van der Waals surface area contributed by atoms with Crippen molar-refractivity contribution in [1.29, 1.82) is 0 Å². The molecule has 0 aromatic carbocycles. The van der Waals surface area contributed by atoms with Gasteiger partial charge in [0.2, 0.25) is 0 Å². The van der Waals surface area contributed by atoms with Crippen molar-refractivity contribution in [2.75, 3.05) is 7.11 Å². The standard InChI is InChI=1S/C10H9BrN2OS/c1-14-5-7-6-15-10(13-7)9-8(11)3-2-4-12-9/h2-4,6H,5H2,1H3. The molecule has 0 amide bonds. The number of pyridine rings is 1. The molecule has 0 saturated heterocycles. The second-order valence-electron chi connectivity index (χ2n) is 2.91. The van der Waals surface area contributed by atoms with Crippen molar-refractivity contribution >= 4 is 27.3 Å². The Bertz CT molecular complexity index is 458. The van der Waals surface area contributed by atoms with Gasteiger partial charge in [0.1, 0.15) is 10.7 Å². The minimum absolute atomic E-state index is 0.543. The molecule has 15 heavy (non-hydrogen) atoms. The number of hydrogen-bond donors (Lipinski definition) is 0. The van der Waals surface area contributed by atoms with Crippen molar-refractivity contribution < 1.29 is 4.74 Å². The molecule has 0 saturated carbocycles. The van der Waals surface area contributed by atoms with Crippen LogP contribution in [0, 0.1) is 0 Å². The van der Waals surface area contributed by atoms with E-state index < -0.39 is 0 Å². The molecule has 0 N–H and O–H groups in total. The molecule has 0 aliphatic heterocycles. The number of hydrogen-bond acceptors (Lipinski definition) is 4. The summed E-state index contributed by atoms with van der Waals surface area (Å²) in [5, 5.41) is 2.90. The normalized spacial score (nSPS) is 10.5. The SMILES string of the molecule is COCc1csc(-c2ncccc2Br)n1. The zero-order chi connectivity index (χ0) is 10.7. The van der Waals surface area contributed by atoms with E-state index in [1.165, 1.54) is 0 Å². The molecular formula is C10H9BrN2OS. The molecule has 0 spiro atoms. The molecule has 5 heteroatoms. The number of rotatable bonds is 3. The van der Waals surface area contributed by atoms with Crippen LogP contribution in [0.2, 0.25) is 0 Å². The highest BCUT2D eigenvalue weighted by Gasteiger charge is 2.08. The van der Waals surface area contributed by atoms with Crippen LogP contribution in [0.4, 0.5) is 0 Å². The first-order valence-corrected chi connectivity index (χ1v) is 6.02. The molecule has 2 aromatic heterocycles. The molecule has 0 aliphatic carbocycles. The van der Waals surface area contributed by atoms with Crippen LogP contribution in [0.15, 0.2) is 28.2 Å². The van der Waals surface area contributed by atoms with Gasteiger partial charge in [-0.1, -0.05) is 0 Å². The Labute approximate surface area is 100 Å². The summed E-state index contributed by atoms with van der Waals surface area (Å²) >= 11 is 5.03. The Morgan fingerprint density at radius 3 is 3.13 bits per heavy atom. The molecule has 2 heterocycles.